The molecule has 0 spiro atoms. The summed E-state index contributed by atoms with van der Waals surface area (Å²) in [6.45, 7) is 3.95. The summed E-state index contributed by atoms with van der Waals surface area (Å²) in [5, 5.41) is 4.45. The zero-order valence-electron chi connectivity index (χ0n) is 15.8. The molecule has 0 N–H and O–H groups in total. The first-order chi connectivity index (χ1) is 13.3. The molecule has 144 valence electrons. The number of hydrogen-bond donors (Lipinski definition) is 0. The first kappa shape index (κ1) is 18.6. The summed E-state index contributed by atoms with van der Waals surface area (Å²) in [6, 6.07) is 14.7. The van der Waals surface area contributed by atoms with E-state index in [1.165, 1.54) is 12.1 Å². The molecular formula is C22H21FN2O2S. The fraction of sp³-hybridized carbons (Fsp3) is 0.227. The van der Waals surface area contributed by atoms with Gasteiger partial charge >= 0.3 is 0 Å². The van der Waals surface area contributed by atoms with Crippen LogP contribution in [0.25, 0.3) is 11.8 Å². The van der Waals surface area contributed by atoms with Crippen molar-refractivity contribution in [2.75, 3.05) is 5.75 Å². The maximum absolute atomic E-state index is 13.2. The zero-order valence-corrected chi connectivity index (χ0v) is 16.6. The molecule has 0 radical (unpaired) electrons. The van der Waals surface area contributed by atoms with Gasteiger partial charge in [-0.3, -0.25) is 0 Å². The van der Waals surface area contributed by atoms with Gasteiger partial charge in [-0.05, 0) is 61.4 Å². The first-order valence-corrected chi connectivity index (χ1v) is 10.7. The van der Waals surface area contributed by atoms with Crippen LogP contribution in [0.4, 0.5) is 4.39 Å². The lowest BCUT2D eigenvalue weighted by molar-refractivity contribution is 0.436. The molecule has 1 aliphatic rings. The summed E-state index contributed by atoms with van der Waals surface area (Å²) in [5.74, 6) is -0.261. The van der Waals surface area contributed by atoms with Crippen molar-refractivity contribution in [3.05, 3.63) is 83.4 Å². The van der Waals surface area contributed by atoms with Crippen LogP contribution in [-0.2, 0) is 16.3 Å². The van der Waals surface area contributed by atoms with Crippen molar-refractivity contribution in [2.45, 2.75) is 25.2 Å². The van der Waals surface area contributed by atoms with Crippen LogP contribution in [0.2, 0.25) is 0 Å². The summed E-state index contributed by atoms with van der Waals surface area (Å²) in [6.07, 6.45) is 4.35. The lowest BCUT2D eigenvalue weighted by Crippen LogP contribution is -2.33. The Morgan fingerprint density at radius 1 is 1.11 bits per heavy atom. The molecule has 0 unspecified atom stereocenters. The third-order valence-electron chi connectivity index (χ3n) is 5.45. The Morgan fingerprint density at radius 2 is 1.79 bits per heavy atom. The van der Waals surface area contributed by atoms with Crippen molar-refractivity contribution in [3.8, 4) is 5.69 Å². The molecule has 0 aliphatic heterocycles. The third kappa shape index (κ3) is 3.29. The number of benzene rings is 2. The number of aromatic nitrogens is 2. The molecule has 4 nitrogen and oxygen atoms in total. The summed E-state index contributed by atoms with van der Waals surface area (Å²) in [7, 11) is -3.41. The van der Waals surface area contributed by atoms with Crippen LogP contribution in [0.5, 0.6) is 0 Å². The molecule has 3 aromatic rings. The predicted molar refractivity (Wildman–Crippen MR) is 107 cm³/mol. The van der Waals surface area contributed by atoms with Gasteiger partial charge in [0, 0.05) is 5.41 Å². The minimum absolute atomic E-state index is 0.0352. The van der Waals surface area contributed by atoms with Crippen molar-refractivity contribution >= 4 is 15.9 Å². The second-order valence-corrected chi connectivity index (χ2v) is 9.57. The highest BCUT2D eigenvalue weighted by atomic mass is 32.2. The maximum Gasteiger partial charge on any atom is 0.179 e. The van der Waals surface area contributed by atoms with E-state index in [0.29, 0.717) is 11.3 Å². The van der Waals surface area contributed by atoms with Gasteiger partial charge in [0.25, 0.3) is 0 Å². The van der Waals surface area contributed by atoms with Gasteiger partial charge in [0.15, 0.2) is 9.84 Å². The van der Waals surface area contributed by atoms with Gasteiger partial charge in [-0.15, -0.1) is 0 Å². The van der Waals surface area contributed by atoms with Gasteiger partial charge in [-0.1, -0.05) is 30.7 Å². The fourth-order valence-corrected chi connectivity index (χ4v) is 5.61. The lowest BCUT2D eigenvalue weighted by atomic mass is 9.75. The molecule has 1 heterocycles. The van der Waals surface area contributed by atoms with Crippen molar-refractivity contribution in [1.29, 1.82) is 0 Å². The Hall–Kier alpha value is -2.73. The van der Waals surface area contributed by atoms with E-state index in [-0.39, 0.29) is 11.6 Å². The number of nitrogens with zero attached hydrogens (tertiary/aromatic N) is 2. The average molecular weight is 396 g/mol. The highest BCUT2D eigenvalue weighted by Gasteiger charge is 2.37. The molecule has 0 fully saturated rings. The molecule has 6 heteroatoms. The smallest absolute Gasteiger partial charge is 0.179 e. The van der Waals surface area contributed by atoms with Crippen LogP contribution in [0.1, 0.15) is 25.1 Å². The number of allylic oxidation sites excluding steroid dienone is 1. The molecule has 1 atom stereocenters. The van der Waals surface area contributed by atoms with Crippen LogP contribution >= 0.6 is 0 Å². The van der Waals surface area contributed by atoms with Crippen LogP contribution in [0, 0.1) is 11.2 Å². The normalized spacial score (nSPS) is 19.2. The van der Waals surface area contributed by atoms with Crippen molar-refractivity contribution < 1.29 is 12.8 Å². The lowest BCUT2D eigenvalue weighted by Gasteiger charge is -2.33. The number of fused-ring (bicyclic) bond motifs is 1. The molecule has 1 aromatic heterocycles. The Kier molecular flexibility index (Phi) is 4.46. The average Bonchev–Trinajstić information content (AvgIpc) is 3.05. The molecular weight excluding hydrogens is 375 g/mol. The van der Waals surface area contributed by atoms with E-state index in [0.717, 1.165) is 22.5 Å². The largest absolute Gasteiger partial charge is 0.233 e. The molecule has 0 saturated heterocycles. The zero-order chi connectivity index (χ0) is 19.9. The fourth-order valence-electron chi connectivity index (χ4n) is 3.70. The van der Waals surface area contributed by atoms with Gasteiger partial charge < -0.3 is 0 Å². The topological polar surface area (TPSA) is 52.0 Å². The van der Waals surface area contributed by atoms with E-state index < -0.39 is 15.3 Å². The Bertz CT molecular complexity index is 1150. The molecule has 1 aliphatic carbocycles. The Balaban J connectivity index is 1.68. The minimum Gasteiger partial charge on any atom is -0.233 e. The van der Waals surface area contributed by atoms with E-state index in [2.05, 4.69) is 5.10 Å². The number of hydrogen-bond acceptors (Lipinski definition) is 3. The Morgan fingerprint density at radius 3 is 2.46 bits per heavy atom. The SMILES string of the molecule is CC1=Cc2c(cnn2-c2ccc(F)cc2)C[C@]1(C)CS(=O)(=O)c1ccccc1. The quantitative estimate of drug-likeness (QED) is 0.655. The summed E-state index contributed by atoms with van der Waals surface area (Å²) >= 11 is 0. The third-order valence-corrected chi connectivity index (χ3v) is 7.46. The van der Waals surface area contributed by atoms with Crippen LogP contribution in [-0.4, -0.2) is 24.0 Å². The van der Waals surface area contributed by atoms with Gasteiger partial charge in [-0.25, -0.2) is 17.5 Å². The van der Waals surface area contributed by atoms with Gasteiger partial charge in [0.1, 0.15) is 5.82 Å². The standard InChI is InChI=1S/C22H21FN2O2S/c1-16-12-21-17(14-24-25(21)19-10-8-18(23)9-11-19)13-22(16,2)15-28(26,27)20-6-4-3-5-7-20/h3-12,14H,13,15H2,1-2H3/t22-/m1/s1. The van der Waals surface area contributed by atoms with Crippen molar-refractivity contribution in [3.63, 3.8) is 0 Å². The molecule has 0 amide bonds. The minimum atomic E-state index is -3.41. The molecule has 28 heavy (non-hydrogen) atoms. The number of rotatable bonds is 4. The van der Waals surface area contributed by atoms with Gasteiger partial charge in [-0.2, -0.15) is 5.10 Å². The number of sulfone groups is 1. The summed E-state index contributed by atoms with van der Waals surface area (Å²) in [4.78, 5) is 0.344. The first-order valence-electron chi connectivity index (χ1n) is 9.08. The van der Waals surface area contributed by atoms with Crippen LogP contribution < -0.4 is 0 Å². The van der Waals surface area contributed by atoms with E-state index in [9.17, 15) is 12.8 Å². The second kappa shape index (κ2) is 6.71. The highest BCUT2D eigenvalue weighted by Crippen LogP contribution is 2.40. The monoisotopic (exact) mass is 396 g/mol. The van der Waals surface area contributed by atoms with E-state index in [1.807, 2.05) is 26.0 Å². The Labute approximate surface area is 164 Å². The highest BCUT2D eigenvalue weighted by molar-refractivity contribution is 7.91. The van der Waals surface area contributed by atoms with Crippen molar-refractivity contribution in [2.24, 2.45) is 5.41 Å². The second-order valence-electron chi connectivity index (χ2n) is 7.58. The van der Waals surface area contributed by atoms with Crippen LogP contribution in [0.3, 0.4) is 0 Å². The molecule has 4 rings (SSSR count). The summed E-state index contributed by atoms with van der Waals surface area (Å²) < 4.78 is 40.9. The van der Waals surface area contributed by atoms with Gasteiger partial charge in [0.2, 0.25) is 0 Å². The van der Waals surface area contributed by atoms with Crippen LogP contribution in [0.15, 0.2) is 71.3 Å². The predicted octanol–water partition coefficient (Wildman–Crippen LogP) is 4.45. The molecule has 0 bridgehead atoms. The maximum atomic E-state index is 13.2. The molecule has 0 saturated carbocycles. The van der Waals surface area contributed by atoms with Crippen molar-refractivity contribution in [1.82, 2.24) is 9.78 Å². The van der Waals surface area contributed by atoms with Gasteiger partial charge in [0.05, 0.1) is 28.2 Å². The van der Waals surface area contributed by atoms with E-state index in [4.69, 9.17) is 0 Å². The summed E-state index contributed by atoms with van der Waals surface area (Å²) in [5.41, 5.74) is 3.15. The van der Waals surface area contributed by atoms with E-state index >= 15 is 0 Å². The van der Waals surface area contributed by atoms with E-state index in [1.54, 1.807) is 47.3 Å². The molecule has 2 aromatic carbocycles. The number of halogens is 1.